The summed E-state index contributed by atoms with van der Waals surface area (Å²) in [5.41, 5.74) is 1.14. The molecule has 1 aliphatic rings. The molecule has 5 heteroatoms. The molecular formula is C14H19NO3S. The maximum Gasteiger partial charge on any atom is 0.338 e. The predicted octanol–water partition coefficient (Wildman–Crippen LogP) is 2.72. The molecule has 4 nitrogen and oxygen atoms in total. The molecule has 1 unspecified atom stereocenters. The van der Waals surface area contributed by atoms with Crippen molar-refractivity contribution in [2.45, 2.75) is 23.8 Å². The van der Waals surface area contributed by atoms with Gasteiger partial charge < -0.3 is 14.7 Å². The van der Waals surface area contributed by atoms with Crippen molar-refractivity contribution in [3.8, 4) is 0 Å². The number of carboxylic acids is 1. The average molecular weight is 281 g/mol. The van der Waals surface area contributed by atoms with Gasteiger partial charge in [0.1, 0.15) is 0 Å². The summed E-state index contributed by atoms with van der Waals surface area (Å²) in [6.07, 6.45) is 4.25. The van der Waals surface area contributed by atoms with E-state index in [0.717, 1.165) is 36.6 Å². The number of benzene rings is 1. The number of rotatable bonds is 5. The molecule has 1 saturated heterocycles. The number of hydrogen-bond acceptors (Lipinski definition) is 4. The first-order valence-electron chi connectivity index (χ1n) is 6.36. The number of nitrogens with zero attached hydrogens (tertiary/aromatic N) is 1. The van der Waals surface area contributed by atoms with Crippen molar-refractivity contribution in [1.29, 1.82) is 0 Å². The molecule has 0 aliphatic carbocycles. The number of anilines is 1. The first-order valence-corrected chi connectivity index (χ1v) is 7.59. The summed E-state index contributed by atoms with van der Waals surface area (Å²) < 4.78 is 5.61. The number of hydrogen-bond donors (Lipinski definition) is 1. The first kappa shape index (κ1) is 14.2. The molecular weight excluding hydrogens is 262 g/mol. The minimum Gasteiger partial charge on any atom is -0.478 e. The lowest BCUT2D eigenvalue weighted by atomic mass is 10.1. The predicted molar refractivity (Wildman–Crippen MR) is 77.4 cm³/mol. The van der Waals surface area contributed by atoms with Crippen LogP contribution in [0.3, 0.4) is 0 Å². The molecule has 1 aromatic rings. The van der Waals surface area contributed by atoms with Gasteiger partial charge in [0.05, 0.1) is 17.4 Å². The van der Waals surface area contributed by atoms with Crippen LogP contribution in [0, 0.1) is 0 Å². The van der Waals surface area contributed by atoms with Gasteiger partial charge in [-0.3, -0.25) is 0 Å². The Morgan fingerprint density at radius 1 is 1.58 bits per heavy atom. The number of ether oxygens (including phenoxy) is 1. The second-order valence-corrected chi connectivity index (χ2v) is 5.52. The molecule has 0 amide bonds. The Bertz CT molecular complexity index is 458. The molecule has 1 aromatic carbocycles. The SMILES string of the molecule is CSc1cccc(N(C)CC2CCCO2)c1C(=O)O. The van der Waals surface area contributed by atoms with E-state index in [2.05, 4.69) is 0 Å². The van der Waals surface area contributed by atoms with E-state index in [4.69, 9.17) is 4.74 Å². The van der Waals surface area contributed by atoms with E-state index in [1.54, 1.807) is 0 Å². The van der Waals surface area contributed by atoms with E-state index in [-0.39, 0.29) is 6.10 Å². The summed E-state index contributed by atoms with van der Waals surface area (Å²) in [6.45, 7) is 1.55. The van der Waals surface area contributed by atoms with Crippen LogP contribution in [-0.2, 0) is 4.74 Å². The maximum absolute atomic E-state index is 11.5. The van der Waals surface area contributed by atoms with Gasteiger partial charge in [0.2, 0.25) is 0 Å². The highest BCUT2D eigenvalue weighted by atomic mass is 32.2. The Balaban J connectivity index is 2.24. The Hall–Kier alpha value is -1.20. The number of carbonyl (C=O) groups is 1. The van der Waals surface area contributed by atoms with Gasteiger partial charge in [0.25, 0.3) is 0 Å². The van der Waals surface area contributed by atoms with Crippen molar-refractivity contribution in [1.82, 2.24) is 0 Å². The second kappa shape index (κ2) is 6.30. The Kier molecular flexibility index (Phi) is 4.71. The molecule has 19 heavy (non-hydrogen) atoms. The molecule has 1 heterocycles. The Morgan fingerprint density at radius 2 is 2.37 bits per heavy atom. The van der Waals surface area contributed by atoms with Crippen molar-refractivity contribution >= 4 is 23.4 Å². The van der Waals surface area contributed by atoms with Gasteiger partial charge in [0.15, 0.2) is 0 Å². The molecule has 1 fully saturated rings. The highest BCUT2D eigenvalue weighted by molar-refractivity contribution is 7.98. The van der Waals surface area contributed by atoms with Crippen LogP contribution in [0.25, 0.3) is 0 Å². The fraction of sp³-hybridized carbons (Fsp3) is 0.500. The number of aromatic carboxylic acids is 1. The maximum atomic E-state index is 11.5. The first-order chi connectivity index (χ1) is 9.13. The molecule has 0 spiro atoms. The van der Waals surface area contributed by atoms with Gasteiger partial charge in [0, 0.05) is 25.1 Å². The summed E-state index contributed by atoms with van der Waals surface area (Å²) in [4.78, 5) is 14.3. The van der Waals surface area contributed by atoms with E-state index < -0.39 is 5.97 Å². The summed E-state index contributed by atoms with van der Waals surface area (Å²) >= 11 is 1.46. The third-order valence-corrected chi connectivity index (χ3v) is 4.13. The van der Waals surface area contributed by atoms with Crippen LogP contribution in [-0.4, -0.2) is 43.6 Å². The monoisotopic (exact) mass is 281 g/mol. The Morgan fingerprint density at radius 3 is 2.95 bits per heavy atom. The van der Waals surface area contributed by atoms with Crippen molar-refractivity contribution in [2.24, 2.45) is 0 Å². The zero-order valence-electron chi connectivity index (χ0n) is 11.3. The van der Waals surface area contributed by atoms with Crippen molar-refractivity contribution in [3.05, 3.63) is 23.8 Å². The zero-order valence-corrected chi connectivity index (χ0v) is 12.1. The van der Waals surface area contributed by atoms with Crippen molar-refractivity contribution in [2.75, 3.05) is 31.4 Å². The molecule has 0 aromatic heterocycles. The Labute approximate surface area is 117 Å². The van der Waals surface area contributed by atoms with Gasteiger partial charge >= 0.3 is 5.97 Å². The van der Waals surface area contributed by atoms with E-state index in [0.29, 0.717) is 5.56 Å². The topological polar surface area (TPSA) is 49.8 Å². The minimum absolute atomic E-state index is 0.213. The van der Waals surface area contributed by atoms with Crippen LogP contribution in [0.5, 0.6) is 0 Å². The van der Waals surface area contributed by atoms with Crippen LogP contribution in [0.4, 0.5) is 5.69 Å². The number of likely N-dealkylation sites (N-methyl/N-ethyl adjacent to an activating group) is 1. The molecule has 1 aliphatic heterocycles. The third kappa shape index (κ3) is 3.22. The molecule has 2 rings (SSSR count). The van der Waals surface area contributed by atoms with Crippen LogP contribution in [0.1, 0.15) is 23.2 Å². The van der Waals surface area contributed by atoms with Crippen LogP contribution in [0.2, 0.25) is 0 Å². The van der Waals surface area contributed by atoms with E-state index >= 15 is 0 Å². The van der Waals surface area contributed by atoms with E-state index in [1.165, 1.54) is 11.8 Å². The summed E-state index contributed by atoms with van der Waals surface area (Å²) in [7, 11) is 1.92. The average Bonchev–Trinajstić information content (AvgIpc) is 2.90. The standard InChI is InChI=1S/C14H19NO3S/c1-15(9-10-5-4-8-18-10)11-6-3-7-12(19-2)13(11)14(16)17/h3,6-7,10H,4-5,8-9H2,1-2H3,(H,16,17). The van der Waals surface area contributed by atoms with Gasteiger partial charge in [-0.15, -0.1) is 11.8 Å². The smallest absolute Gasteiger partial charge is 0.338 e. The minimum atomic E-state index is -0.876. The molecule has 1 N–H and O–H groups in total. The van der Waals surface area contributed by atoms with E-state index in [1.807, 2.05) is 36.4 Å². The molecule has 1 atom stereocenters. The van der Waals surface area contributed by atoms with Crippen LogP contribution in [0.15, 0.2) is 23.1 Å². The molecule has 104 valence electrons. The quantitative estimate of drug-likeness (QED) is 0.841. The van der Waals surface area contributed by atoms with Crippen LogP contribution < -0.4 is 4.90 Å². The highest BCUT2D eigenvalue weighted by Gasteiger charge is 2.22. The largest absolute Gasteiger partial charge is 0.478 e. The van der Waals surface area contributed by atoms with Gasteiger partial charge in [-0.25, -0.2) is 4.79 Å². The summed E-state index contributed by atoms with van der Waals surface area (Å²) in [5, 5.41) is 9.42. The number of carboxylic acid groups (broad SMARTS) is 1. The third-order valence-electron chi connectivity index (χ3n) is 3.35. The molecule has 0 radical (unpaired) electrons. The van der Waals surface area contributed by atoms with Crippen molar-refractivity contribution in [3.63, 3.8) is 0 Å². The lowest BCUT2D eigenvalue weighted by Crippen LogP contribution is -2.29. The fourth-order valence-electron chi connectivity index (χ4n) is 2.41. The molecule has 0 bridgehead atoms. The lowest BCUT2D eigenvalue weighted by molar-refractivity contribution is 0.0693. The second-order valence-electron chi connectivity index (χ2n) is 4.68. The normalized spacial score (nSPS) is 18.5. The zero-order chi connectivity index (χ0) is 13.8. The van der Waals surface area contributed by atoms with Gasteiger partial charge in [-0.2, -0.15) is 0 Å². The molecule has 0 saturated carbocycles. The lowest BCUT2D eigenvalue weighted by Gasteiger charge is -2.25. The summed E-state index contributed by atoms with van der Waals surface area (Å²) in [6, 6.07) is 5.61. The van der Waals surface area contributed by atoms with Crippen LogP contribution >= 0.6 is 11.8 Å². The highest BCUT2D eigenvalue weighted by Crippen LogP contribution is 2.30. The van der Waals surface area contributed by atoms with Crippen molar-refractivity contribution < 1.29 is 14.6 Å². The number of thioether (sulfide) groups is 1. The van der Waals surface area contributed by atoms with E-state index in [9.17, 15) is 9.90 Å². The summed E-state index contributed by atoms with van der Waals surface area (Å²) in [5.74, 6) is -0.876. The van der Waals surface area contributed by atoms with Gasteiger partial charge in [-0.05, 0) is 31.2 Å². The fourth-order valence-corrected chi connectivity index (χ4v) is 3.03. The van der Waals surface area contributed by atoms with Gasteiger partial charge in [-0.1, -0.05) is 6.07 Å².